The number of aromatic nitrogens is 4. The molecule has 112 valence electrons. The summed E-state index contributed by atoms with van der Waals surface area (Å²) in [7, 11) is 1.59. The van der Waals surface area contributed by atoms with Crippen molar-refractivity contribution in [2.45, 2.75) is 26.4 Å². The summed E-state index contributed by atoms with van der Waals surface area (Å²) in [6.45, 7) is 4.38. The number of rotatable bonds is 6. The summed E-state index contributed by atoms with van der Waals surface area (Å²) in [5.74, 6) is 0.333. The summed E-state index contributed by atoms with van der Waals surface area (Å²) in [6, 6.07) is 7.77. The van der Waals surface area contributed by atoms with Crippen LogP contribution >= 0.6 is 0 Å². The van der Waals surface area contributed by atoms with Crippen molar-refractivity contribution in [1.82, 2.24) is 25.5 Å². The number of carbonyl (C=O) groups excluding carboxylic acids is 1. The zero-order valence-electron chi connectivity index (χ0n) is 12.4. The van der Waals surface area contributed by atoms with Gasteiger partial charge in [-0.15, -0.1) is 10.2 Å². The van der Waals surface area contributed by atoms with E-state index in [9.17, 15) is 4.79 Å². The average Bonchev–Trinajstić information content (AvgIpc) is 2.88. The Kier molecular flexibility index (Phi) is 4.99. The Morgan fingerprint density at radius 1 is 1.38 bits per heavy atom. The topological polar surface area (TPSA) is 81.9 Å². The van der Waals surface area contributed by atoms with Gasteiger partial charge in [-0.2, -0.15) is 4.80 Å². The van der Waals surface area contributed by atoms with Crippen LogP contribution in [0.1, 0.15) is 12.5 Å². The number of tetrazole rings is 1. The fourth-order valence-corrected chi connectivity index (χ4v) is 1.87. The van der Waals surface area contributed by atoms with E-state index in [1.807, 2.05) is 38.1 Å². The Bertz CT molecular complexity index is 594. The maximum Gasteiger partial charge on any atom is 0.243 e. The van der Waals surface area contributed by atoms with E-state index in [2.05, 4.69) is 20.7 Å². The van der Waals surface area contributed by atoms with Crippen molar-refractivity contribution in [3.63, 3.8) is 0 Å². The van der Waals surface area contributed by atoms with Crippen molar-refractivity contribution in [1.29, 1.82) is 0 Å². The summed E-state index contributed by atoms with van der Waals surface area (Å²) in [6.07, 6.45) is 0. The number of ether oxygens (including phenoxy) is 1. The number of benzene rings is 1. The van der Waals surface area contributed by atoms with E-state index in [1.54, 1.807) is 7.11 Å². The zero-order valence-corrected chi connectivity index (χ0v) is 12.4. The van der Waals surface area contributed by atoms with Gasteiger partial charge in [0.05, 0.1) is 6.61 Å². The molecule has 1 atom stereocenters. The van der Waals surface area contributed by atoms with Crippen LogP contribution in [0.15, 0.2) is 24.3 Å². The Balaban J connectivity index is 1.97. The van der Waals surface area contributed by atoms with Crippen LogP contribution < -0.4 is 5.32 Å². The molecule has 0 aliphatic rings. The molecule has 1 aromatic heterocycles. The summed E-state index contributed by atoms with van der Waals surface area (Å²) < 4.78 is 4.96. The van der Waals surface area contributed by atoms with Crippen LogP contribution in [0.25, 0.3) is 11.4 Å². The zero-order chi connectivity index (χ0) is 15.2. The summed E-state index contributed by atoms with van der Waals surface area (Å²) in [5.41, 5.74) is 2.04. The van der Waals surface area contributed by atoms with Gasteiger partial charge in [0.2, 0.25) is 11.7 Å². The SMILES string of the molecule is COC[C@H](C)NC(=O)Cn1nnc(-c2ccc(C)cc2)n1. The highest BCUT2D eigenvalue weighted by molar-refractivity contribution is 5.75. The molecule has 2 rings (SSSR count). The first-order chi connectivity index (χ1) is 10.1. The second-order valence-corrected chi connectivity index (χ2v) is 4.93. The highest BCUT2D eigenvalue weighted by atomic mass is 16.5. The number of hydrogen-bond donors (Lipinski definition) is 1. The predicted molar refractivity (Wildman–Crippen MR) is 77.5 cm³/mol. The maximum atomic E-state index is 11.8. The maximum absolute atomic E-state index is 11.8. The Hall–Kier alpha value is -2.28. The van der Waals surface area contributed by atoms with E-state index in [1.165, 1.54) is 4.80 Å². The molecule has 7 heteroatoms. The van der Waals surface area contributed by atoms with E-state index < -0.39 is 0 Å². The van der Waals surface area contributed by atoms with Crippen LogP contribution in [0, 0.1) is 6.92 Å². The molecule has 0 saturated carbocycles. The fourth-order valence-electron chi connectivity index (χ4n) is 1.87. The summed E-state index contributed by atoms with van der Waals surface area (Å²) in [5, 5.41) is 14.9. The van der Waals surface area contributed by atoms with Crippen molar-refractivity contribution in [2.75, 3.05) is 13.7 Å². The molecule has 0 aliphatic carbocycles. The number of nitrogens with one attached hydrogen (secondary N) is 1. The molecule has 0 fully saturated rings. The lowest BCUT2D eigenvalue weighted by Crippen LogP contribution is -2.38. The smallest absolute Gasteiger partial charge is 0.243 e. The molecule has 0 saturated heterocycles. The Morgan fingerprint density at radius 2 is 2.10 bits per heavy atom. The van der Waals surface area contributed by atoms with Gasteiger partial charge in [-0.1, -0.05) is 29.8 Å². The minimum absolute atomic E-state index is 0.0346. The average molecular weight is 289 g/mol. The first kappa shape index (κ1) is 15.1. The van der Waals surface area contributed by atoms with Crippen LogP contribution in [-0.4, -0.2) is 45.9 Å². The van der Waals surface area contributed by atoms with Crippen LogP contribution in [0.2, 0.25) is 0 Å². The third kappa shape index (κ3) is 4.35. The molecule has 0 aliphatic heterocycles. The van der Waals surface area contributed by atoms with E-state index in [0.717, 1.165) is 11.1 Å². The van der Waals surface area contributed by atoms with E-state index in [4.69, 9.17) is 4.74 Å². The third-order valence-corrected chi connectivity index (χ3v) is 2.87. The molecule has 1 aromatic carbocycles. The molecule has 0 spiro atoms. The molecular weight excluding hydrogens is 270 g/mol. The van der Waals surface area contributed by atoms with Gasteiger partial charge in [-0.3, -0.25) is 4.79 Å². The molecule has 21 heavy (non-hydrogen) atoms. The van der Waals surface area contributed by atoms with Gasteiger partial charge in [-0.25, -0.2) is 0 Å². The normalized spacial score (nSPS) is 12.1. The van der Waals surface area contributed by atoms with Crippen LogP contribution in [0.5, 0.6) is 0 Å². The minimum atomic E-state index is -0.174. The quantitative estimate of drug-likeness (QED) is 0.850. The molecule has 0 unspecified atom stereocenters. The highest BCUT2D eigenvalue weighted by Gasteiger charge is 2.11. The predicted octanol–water partition coefficient (Wildman–Crippen LogP) is 0.800. The Labute approximate surface area is 123 Å². The molecule has 2 aromatic rings. The molecule has 1 amide bonds. The molecule has 0 radical (unpaired) electrons. The van der Waals surface area contributed by atoms with Gasteiger partial charge in [-0.05, 0) is 19.1 Å². The second-order valence-electron chi connectivity index (χ2n) is 4.93. The van der Waals surface area contributed by atoms with Gasteiger partial charge in [0.1, 0.15) is 6.54 Å². The van der Waals surface area contributed by atoms with Crippen molar-refractivity contribution >= 4 is 5.91 Å². The molecule has 7 nitrogen and oxygen atoms in total. The number of methoxy groups -OCH3 is 1. The Morgan fingerprint density at radius 3 is 2.76 bits per heavy atom. The van der Waals surface area contributed by atoms with E-state index in [-0.39, 0.29) is 18.5 Å². The van der Waals surface area contributed by atoms with Gasteiger partial charge >= 0.3 is 0 Å². The number of carbonyl (C=O) groups is 1. The van der Waals surface area contributed by atoms with Crippen LogP contribution in [0.3, 0.4) is 0 Å². The number of hydrogen-bond acceptors (Lipinski definition) is 5. The van der Waals surface area contributed by atoms with E-state index in [0.29, 0.717) is 12.4 Å². The monoisotopic (exact) mass is 289 g/mol. The van der Waals surface area contributed by atoms with E-state index >= 15 is 0 Å². The van der Waals surface area contributed by atoms with Crippen molar-refractivity contribution in [3.05, 3.63) is 29.8 Å². The van der Waals surface area contributed by atoms with Gasteiger partial charge in [0, 0.05) is 18.7 Å². The molecule has 0 bridgehead atoms. The summed E-state index contributed by atoms with van der Waals surface area (Å²) >= 11 is 0. The lowest BCUT2D eigenvalue weighted by Gasteiger charge is -2.11. The third-order valence-electron chi connectivity index (χ3n) is 2.87. The molecule has 1 heterocycles. The molecule has 1 N–H and O–H groups in total. The number of amides is 1. The van der Waals surface area contributed by atoms with Crippen molar-refractivity contribution < 1.29 is 9.53 Å². The first-order valence-corrected chi connectivity index (χ1v) is 6.71. The van der Waals surface area contributed by atoms with Crippen LogP contribution in [0.4, 0.5) is 0 Å². The summed E-state index contributed by atoms with van der Waals surface area (Å²) in [4.78, 5) is 13.1. The van der Waals surface area contributed by atoms with Gasteiger partial charge in [0.25, 0.3) is 0 Å². The second kappa shape index (κ2) is 6.94. The van der Waals surface area contributed by atoms with Crippen molar-refractivity contribution in [3.8, 4) is 11.4 Å². The number of nitrogens with zero attached hydrogens (tertiary/aromatic N) is 4. The fraction of sp³-hybridized carbons (Fsp3) is 0.429. The standard InChI is InChI=1S/C14H19N5O2/c1-10-4-6-12(7-5-10)14-16-18-19(17-14)8-13(20)15-11(2)9-21-3/h4-7,11H,8-9H2,1-3H3,(H,15,20)/t11-/m0/s1. The minimum Gasteiger partial charge on any atom is -0.383 e. The largest absolute Gasteiger partial charge is 0.383 e. The van der Waals surface area contributed by atoms with Crippen molar-refractivity contribution in [2.24, 2.45) is 0 Å². The number of aryl methyl sites for hydroxylation is 1. The molecular formula is C14H19N5O2. The lowest BCUT2D eigenvalue weighted by atomic mass is 10.1. The van der Waals surface area contributed by atoms with Gasteiger partial charge < -0.3 is 10.1 Å². The lowest BCUT2D eigenvalue weighted by molar-refractivity contribution is -0.123. The first-order valence-electron chi connectivity index (χ1n) is 6.71. The van der Waals surface area contributed by atoms with Gasteiger partial charge in [0.15, 0.2) is 0 Å². The highest BCUT2D eigenvalue weighted by Crippen LogP contribution is 2.13. The van der Waals surface area contributed by atoms with Crippen LogP contribution in [-0.2, 0) is 16.1 Å².